The first-order valence-electron chi connectivity index (χ1n) is 32.2. The van der Waals surface area contributed by atoms with Crippen molar-refractivity contribution < 1.29 is 52.2 Å². The zero-order chi connectivity index (χ0) is 56.9. The number of esters is 3. The number of rotatable bonds is 60. The maximum absolute atomic E-state index is 12.9. The fourth-order valence-electron chi connectivity index (χ4n) is 9.09. The van der Waals surface area contributed by atoms with Crippen molar-refractivity contribution in [1.29, 1.82) is 0 Å². The Balaban J connectivity index is 4.73. The Labute approximate surface area is 478 Å². The van der Waals surface area contributed by atoms with Gasteiger partial charge in [-0.2, -0.15) is 0 Å². The van der Waals surface area contributed by atoms with E-state index in [2.05, 4.69) is 81.5 Å². The first-order valence-corrected chi connectivity index (χ1v) is 33.7. The van der Waals surface area contributed by atoms with Crippen molar-refractivity contribution >= 4 is 25.7 Å². The van der Waals surface area contributed by atoms with Gasteiger partial charge in [0.05, 0.1) is 19.8 Å². The Hall–Kier alpha value is -2.82. The molecule has 0 rings (SSSR count). The van der Waals surface area contributed by atoms with Crippen molar-refractivity contribution in [3.63, 3.8) is 0 Å². The molecule has 0 aliphatic rings. The minimum absolute atomic E-state index is 0.131. The molecule has 3 unspecified atom stereocenters. The summed E-state index contributed by atoms with van der Waals surface area (Å²) in [7, 11) is -4.76. The lowest BCUT2D eigenvalue weighted by Crippen LogP contribution is -2.30. The number of aliphatic hydroxyl groups is 1. The predicted molar refractivity (Wildman–Crippen MR) is 325 cm³/mol. The van der Waals surface area contributed by atoms with E-state index in [1.165, 1.54) is 154 Å². The minimum Gasteiger partial charge on any atom is -0.462 e. The van der Waals surface area contributed by atoms with Crippen LogP contribution in [-0.4, -0.2) is 66.5 Å². The molecule has 0 aliphatic carbocycles. The van der Waals surface area contributed by atoms with Crippen molar-refractivity contribution in [3.8, 4) is 0 Å². The molecule has 12 heteroatoms. The summed E-state index contributed by atoms with van der Waals surface area (Å²) in [6, 6.07) is 0. The van der Waals surface area contributed by atoms with Gasteiger partial charge in [0.15, 0.2) is 6.10 Å². The van der Waals surface area contributed by atoms with Crippen molar-refractivity contribution in [2.24, 2.45) is 0 Å². The van der Waals surface area contributed by atoms with E-state index in [4.69, 9.17) is 23.3 Å². The summed E-state index contributed by atoms with van der Waals surface area (Å²) < 4.78 is 39.6. The third-order valence-corrected chi connectivity index (χ3v) is 14.9. The van der Waals surface area contributed by atoms with Crippen LogP contribution in [0.5, 0.6) is 0 Å². The Kier molecular flexibility index (Phi) is 58.1. The van der Waals surface area contributed by atoms with Crippen LogP contribution in [0.15, 0.2) is 60.8 Å². The molecule has 11 nitrogen and oxygen atoms in total. The summed E-state index contributed by atoms with van der Waals surface area (Å²) in [5, 5.41) is 9.84. The fourth-order valence-corrected chi connectivity index (χ4v) is 9.88. The third-order valence-electron chi connectivity index (χ3n) is 14.0. The molecule has 0 fully saturated rings. The van der Waals surface area contributed by atoms with Gasteiger partial charge in [-0.25, -0.2) is 4.57 Å². The predicted octanol–water partition coefficient (Wildman–Crippen LogP) is 19.5. The number of unbranched alkanes of at least 4 members (excludes halogenated alkanes) is 33. The molecule has 0 aliphatic heterocycles. The highest BCUT2D eigenvalue weighted by Crippen LogP contribution is 2.43. The van der Waals surface area contributed by atoms with Gasteiger partial charge in [0.1, 0.15) is 12.7 Å². The molecule has 454 valence electrons. The molecule has 78 heavy (non-hydrogen) atoms. The van der Waals surface area contributed by atoms with Crippen molar-refractivity contribution in [2.45, 2.75) is 315 Å². The summed E-state index contributed by atoms with van der Waals surface area (Å²) in [6.45, 7) is 4.55. The third kappa shape index (κ3) is 57.9. The van der Waals surface area contributed by atoms with Gasteiger partial charge in [0.2, 0.25) is 0 Å². The van der Waals surface area contributed by atoms with Crippen LogP contribution in [-0.2, 0) is 42.2 Å². The summed E-state index contributed by atoms with van der Waals surface area (Å²) in [5.41, 5.74) is 0. The molecule has 0 heterocycles. The number of phosphoric ester groups is 1. The number of aliphatic hydroxyl groups excluding tert-OH is 1. The van der Waals surface area contributed by atoms with Crippen LogP contribution in [0.4, 0.5) is 0 Å². The second-order valence-electron chi connectivity index (χ2n) is 21.6. The lowest BCUT2D eigenvalue weighted by Gasteiger charge is -2.21. The average Bonchev–Trinajstić information content (AvgIpc) is 3.43. The number of phosphoric acid groups is 1. The van der Waals surface area contributed by atoms with Crippen molar-refractivity contribution in [3.05, 3.63) is 60.8 Å². The first kappa shape index (κ1) is 75.2. The molecule has 0 aromatic carbocycles. The Morgan fingerprint density at radius 2 is 0.667 bits per heavy atom. The quantitative estimate of drug-likeness (QED) is 0.0197. The van der Waals surface area contributed by atoms with E-state index in [9.17, 15) is 28.9 Å². The van der Waals surface area contributed by atoms with Gasteiger partial charge < -0.3 is 24.2 Å². The van der Waals surface area contributed by atoms with Crippen LogP contribution < -0.4 is 0 Å². The van der Waals surface area contributed by atoms with Crippen LogP contribution in [0.1, 0.15) is 303 Å². The minimum atomic E-state index is -4.76. The summed E-state index contributed by atoms with van der Waals surface area (Å²) in [6.07, 6.45) is 67.5. The summed E-state index contributed by atoms with van der Waals surface area (Å²) >= 11 is 0. The highest BCUT2D eigenvalue weighted by Gasteiger charge is 2.28. The SMILES string of the molecule is CC/C=C\C/C=C\C/C=C\C/C=C\C/C=C\CCCCCC(=O)OC(COC(=O)CCCCCCCCCCCCCCCCCCCCC)COP(=O)(O)OCC(CO)OC(=O)CCCCCCCCCCCCCCC. The number of allylic oxidation sites excluding steroid dienone is 10. The second kappa shape index (κ2) is 60.3. The van der Waals surface area contributed by atoms with E-state index < -0.39 is 57.8 Å². The van der Waals surface area contributed by atoms with Gasteiger partial charge in [0, 0.05) is 19.3 Å². The van der Waals surface area contributed by atoms with Crippen LogP contribution >= 0.6 is 7.82 Å². The van der Waals surface area contributed by atoms with Gasteiger partial charge in [-0.3, -0.25) is 23.4 Å². The second-order valence-corrected chi connectivity index (χ2v) is 23.0. The molecule has 0 bridgehead atoms. The van der Waals surface area contributed by atoms with Crippen molar-refractivity contribution in [2.75, 3.05) is 26.4 Å². The van der Waals surface area contributed by atoms with E-state index in [0.29, 0.717) is 19.3 Å². The largest absolute Gasteiger partial charge is 0.472 e. The maximum Gasteiger partial charge on any atom is 0.472 e. The maximum atomic E-state index is 12.9. The molecule has 3 atom stereocenters. The molecule has 2 N–H and O–H groups in total. The fraction of sp³-hybridized carbons (Fsp3) is 0.803. The topological polar surface area (TPSA) is 155 Å². The Morgan fingerprint density at radius 3 is 1.03 bits per heavy atom. The van der Waals surface area contributed by atoms with E-state index in [1.54, 1.807) is 0 Å². The zero-order valence-electron chi connectivity index (χ0n) is 50.4. The number of carbonyl (C=O) groups is 3. The van der Waals surface area contributed by atoms with Gasteiger partial charge >= 0.3 is 25.7 Å². The number of ether oxygens (including phenoxy) is 3. The van der Waals surface area contributed by atoms with Crippen LogP contribution in [0, 0.1) is 0 Å². The van der Waals surface area contributed by atoms with E-state index >= 15 is 0 Å². The molecular formula is C66H119O11P. The smallest absolute Gasteiger partial charge is 0.462 e. The van der Waals surface area contributed by atoms with Gasteiger partial charge in [0.25, 0.3) is 0 Å². The normalized spacial score (nSPS) is 13.7. The first-order chi connectivity index (χ1) is 38.2. The monoisotopic (exact) mass is 1120 g/mol. The van der Waals surface area contributed by atoms with Gasteiger partial charge in [-0.1, -0.05) is 281 Å². The van der Waals surface area contributed by atoms with E-state index in [0.717, 1.165) is 89.9 Å². The lowest BCUT2D eigenvalue weighted by atomic mass is 10.0. The van der Waals surface area contributed by atoms with Gasteiger partial charge in [-0.15, -0.1) is 0 Å². The molecule has 0 aromatic rings. The van der Waals surface area contributed by atoms with E-state index in [1.807, 2.05) is 0 Å². The molecule has 0 saturated carbocycles. The van der Waals surface area contributed by atoms with Crippen LogP contribution in [0.3, 0.4) is 0 Å². The molecule has 0 aromatic heterocycles. The number of hydrogen-bond acceptors (Lipinski definition) is 10. The average molecular weight is 1120 g/mol. The Morgan fingerprint density at radius 1 is 0.372 bits per heavy atom. The van der Waals surface area contributed by atoms with E-state index in [-0.39, 0.29) is 25.9 Å². The number of hydrogen-bond donors (Lipinski definition) is 2. The lowest BCUT2D eigenvalue weighted by molar-refractivity contribution is -0.161. The van der Waals surface area contributed by atoms with Gasteiger partial charge in [-0.05, 0) is 64.2 Å². The highest BCUT2D eigenvalue weighted by atomic mass is 31.2. The standard InChI is InChI=1S/C66H119O11P/c1-4-7-10-13-16-19-22-25-27-29-31-33-35-38-40-43-46-49-52-55-64(68)73-59-63(77-66(70)57-54-51-48-45-42-39-36-34-32-30-28-26-23-20-17-14-11-8-5-2)61-75-78(71,72)74-60-62(58-67)76-65(69)56-53-50-47-44-41-37-24-21-18-15-12-9-6-3/h8,11,17,20,26,28,32,34,39,42,62-63,67H,4-7,9-10,12-16,18-19,21-25,27,29-31,33,35-38,40-41,43-61H2,1-3H3,(H,71,72)/b11-8-,20-17-,28-26-,34-32-,42-39-. The summed E-state index contributed by atoms with van der Waals surface area (Å²) in [4.78, 5) is 48.7. The molecule has 0 spiro atoms. The summed E-state index contributed by atoms with van der Waals surface area (Å²) in [5.74, 6) is -1.48. The van der Waals surface area contributed by atoms with Crippen molar-refractivity contribution in [1.82, 2.24) is 0 Å². The molecule has 0 amide bonds. The molecule has 0 radical (unpaired) electrons. The molecular weight excluding hydrogens is 1000 g/mol. The zero-order valence-corrected chi connectivity index (χ0v) is 51.3. The molecule has 0 saturated heterocycles. The highest BCUT2D eigenvalue weighted by molar-refractivity contribution is 7.47. The Bertz CT molecular complexity index is 1540. The number of carbonyl (C=O) groups excluding carboxylic acids is 3. The van der Waals surface area contributed by atoms with Crippen LogP contribution in [0.2, 0.25) is 0 Å². The van der Waals surface area contributed by atoms with Crippen LogP contribution in [0.25, 0.3) is 0 Å².